The van der Waals surface area contributed by atoms with Crippen molar-refractivity contribution in [3.8, 4) is 0 Å². The van der Waals surface area contributed by atoms with E-state index in [0.29, 0.717) is 5.65 Å². The third kappa shape index (κ3) is 4.83. The number of hydrogen-bond donors (Lipinski definition) is 5. The fourth-order valence-electron chi connectivity index (χ4n) is 1.29. The normalized spacial score (nSPS) is 10.2. The first-order valence-electron chi connectivity index (χ1n) is 5.80. The molecule has 0 fully saturated rings. The van der Waals surface area contributed by atoms with Gasteiger partial charge in [0.1, 0.15) is 6.73 Å². The van der Waals surface area contributed by atoms with Crippen molar-refractivity contribution in [2.24, 2.45) is 5.73 Å². The number of ether oxygens (including phenoxy) is 1. The summed E-state index contributed by atoms with van der Waals surface area (Å²) in [6.45, 7) is 0.0219. The zero-order valence-electron chi connectivity index (χ0n) is 11.0. The molecule has 0 bridgehead atoms. The minimum atomic E-state index is -0.968. The average molecular weight is 300 g/mol. The Morgan fingerprint density at radius 2 is 2.19 bits per heavy atom. The molecular formula is C10H16N6O5. The first kappa shape index (κ1) is 16.6. The molecule has 0 aliphatic carbocycles. The summed E-state index contributed by atoms with van der Waals surface area (Å²) in [5.41, 5.74) is 10.2. The van der Waals surface area contributed by atoms with Gasteiger partial charge in [-0.1, -0.05) is 0 Å². The summed E-state index contributed by atoms with van der Waals surface area (Å²) in [6, 6.07) is 0. The van der Waals surface area contributed by atoms with E-state index < -0.39 is 5.97 Å². The predicted octanol–water partition coefficient (Wildman–Crippen LogP) is -2.30. The van der Waals surface area contributed by atoms with Crippen LogP contribution in [0.5, 0.6) is 0 Å². The number of aliphatic carboxylic acids is 1. The topological polar surface area (TPSA) is 182 Å². The number of nitrogens with two attached hydrogens (primary N) is 2. The Labute approximate surface area is 118 Å². The molecule has 0 atom stereocenters. The number of aliphatic hydroxyl groups excluding tert-OH is 1. The highest BCUT2D eigenvalue weighted by atomic mass is 16.5. The third-order valence-corrected chi connectivity index (χ3v) is 2.13. The Balaban J connectivity index is 0.000000383. The van der Waals surface area contributed by atoms with Crippen LogP contribution in [0.3, 0.4) is 0 Å². The summed E-state index contributed by atoms with van der Waals surface area (Å²) in [5.74, 6) is -0.939. The maximum Gasteiger partial charge on any atom is 0.317 e. The number of carboxylic acids is 1. The smallest absolute Gasteiger partial charge is 0.317 e. The van der Waals surface area contributed by atoms with Gasteiger partial charge in [-0.3, -0.25) is 19.1 Å². The molecule has 116 valence electrons. The molecule has 0 aromatic carbocycles. The number of hydrogen-bond acceptors (Lipinski definition) is 8. The predicted molar refractivity (Wildman–Crippen MR) is 72.3 cm³/mol. The van der Waals surface area contributed by atoms with Crippen molar-refractivity contribution in [3.05, 3.63) is 16.7 Å². The van der Waals surface area contributed by atoms with Crippen molar-refractivity contribution in [2.75, 3.05) is 25.5 Å². The van der Waals surface area contributed by atoms with Crippen molar-refractivity contribution >= 4 is 23.1 Å². The van der Waals surface area contributed by atoms with Crippen molar-refractivity contribution in [3.63, 3.8) is 0 Å². The van der Waals surface area contributed by atoms with Gasteiger partial charge in [0.2, 0.25) is 5.95 Å². The number of aromatic nitrogens is 4. The van der Waals surface area contributed by atoms with Crippen LogP contribution in [0.4, 0.5) is 5.95 Å². The van der Waals surface area contributed by atoms with Crippen molar-refractivity contribution in [2.45, 2.75) is 6.73 Å². The molecule has 21 heavy (non-hydrogen) atoms. The van der Waals surface area contributed by atoms with Crippen molar-refractivity contribution < 1.29 is 19.7 Å². The summed E-state index contributed by atoms with van der Waals surface area (Å²) in [5, 5.41) is 16.2. The molecule has 2 aromatic rings. The molecule has 2 aromatic heterocycles. The molecule has 2 rings (SSSR count). The van der Waals surface area contributed by atoms with Crippen molar-refractivity contribution in [1.82, 2.24) is 19.5 Å². The van der Waals surface area contributed by atoms with Gasteiger partial charge in [0.05, 0.1) is 26.1 Å². The standard InChI is InChI=1S/C8H11N5O3.C2H5NO2/c9-8-11-6-5(7(15)12-8)10-3-13(6)4-16-2-1-14;3-1-2(4)5/h3,14H,1-2,4H2,(H3,9,11,12,15);1,3H2,(H,4,5). The van der Waals surface area contributed by atoms with Crippen LogP contribution in [-0.4, -0.2) is 55.5 Å². The number of anilines is 1. The van der Waals surface area contributed by atoms with Crippen LogP contribution in [0.1, 0.15) is 0 Å². The van der Waals surface area contributed by atoms with E-state index in [4.69, 9.17) is 20.7 Å². The van der Waals surface area contributed by atoms with E-state index in [2.05, 4.69) is 20.7 Å². The molecule has 0 amide bonds. The summed E-state index contributed by atoms with van der Waals surface area (Å²) >= 11 is 0. The Morgan fingerprint density at radius 3 is 2.76 bits per heavy atom. The van der Waals surface area contributed by atoms with E-state index >= 15 is 0 Å². The Morgan fingerprint density at radius 1 is 1.52 bits per heavy atom. The summed E-state index contributed by atoms with van der Waals surface area (Å²) < 4.78 is 6.63. The molecule has 0 unspecified atom stereocenters. The van der Waals surface area contributed by atoms with Crippen LogP contribution < -0.4 is 17.0 Å². The van der Waals surface area contributed by atoms with Crippen LogP contribution in [0, 0.1) is 0 Å². The molecule has 0 spiro atoms. The molecule has 0 saturated carbocycles. The zero-order valence-corrected chi connectivity index (χ0v) is 11.0. The van der Waals surface area contributed by atoms with E-state index in [1.54, 1.807) is 0 Å². The fraction of sp³-hybridized carbons (Fsp3) is 0.400. The molecule has 0 aliphatic rings. The zero-order chi connectivity index (χ0) is 15.8. The number of nitrogens with one attached hydrogen (secondary N) is 1. The van der Waals surface area contributed by atoms with Gasteiger partial charge in [-0.25, -0.2) is 4.98 Å². The molecule has 0 saturated heterocycles. The van der Waals surface area contributed by atoms with E-state index in [9.17, 15) is 9.59 Å². The number of carbonyl (C=O) groups is 1. The number of rotatable bonds is 5. The van der Waals surface area contributed by atoms with Crippen LogP contribution >= 0.6 is 0 Å². The Kier molecular flexibility index (Phi) is 6.26. The second-order valence-electron chi connectivity index (χ2n) is 3.70. The van der Waals surface area contributed by atoms with Crippen LogP contribution in [0.25, 0.3) is 11.2 Å². The lowest BCUT2D eigenvalue weighted by molar-refractivity contribution is -0.135. The number of nitrogens with zero attached hydrogens (tertiary/aromatic N) is 3. The van der Waals surface area contributed by atoms with Gasteiger partial charge in [0.15, 0.2) is 11.2 Å². The SMILES string of the molecule is NCC(=O)O.Nc1nc2c(ncn2COCCO)c(=O)[nH]1. The maximum atomic E-state index is 11.4. The average Bonchev–Trinajstić information content (AvgIpc) is 2.83. The summed E-state index contributed by atoms with van der Waals surface area (Å²) in [7, 11) is 0. The van der Waals surface area contributed by atoms with Crippen LogP contribution in [-0.2, 0) is 16.3 Å². The number of aromatic amines is 1. The number of imidazole rings is 1. The highest BCUT2D eigenvalue weighted by Gasteiger charge is 2.08. The quantitative estimate of drug-likeness (QED) is 0.379. The Bertz CT molecular complexity index is 651. The molecule has 11 nitrogen and oxygen atoms in total. The number of aliphatic hydroxyl groups is 1. The number of carboxylic acid groups (broad SMARTS) is 1. The molecule has 11 heteroatoms. The second-order valence-corrected chi connectivity index (χ2v) is 3.70. The van der Waals surface area contributed by atoms with Crippen molar-refractivity contribution in [1.29, 1.82) is 0 Å². The van der Waals surface area contributed by atoms with E-state index in [1.807, 2.05) is 0 Å². The fourth-order valence-corrected chi connectivity index (χ4v) is 1.29. The third-order valence-electron chi connectivity index (χ3n) is 2.13. The lowest BCUT2D eigenvalue weighted by Crippen LogP contribution is -2.13. The van der Waals surface area contributed by atoms with Gasteiger partial charge in [-0.15, -0.1) is 0 Å². The van der Waals surface area contributed by atoms with Gasteiger partial charge in [-0.05, 0) is 0 Å². The lowest BCUT2D eigenvalue weighted by atomic mass is 10.5. The number of H-pyrrole nitrogens is 1. The highest BCUT2D eigenvalue weighted by Crippen LogP contribution is 2.05. The van der Waals surface area contributed by atoms with Gasteiger partial charge in [0.25, 0.3) is 5.56 Å². The molecular weight excluding hydrogens is 284 g/mol. The largest absolute Gasteiger partial charge is 0.480 e. The molecule has 0 aliphatic heterocycles. The first-order valence-corrected chi connectivity index (χ1v) is 5.80. The molecule has 7 N–H and O–H groups in total. The highest BCUT2D eigenvalue weighted by molar-refractivity contribution is 5.70. The van der Waals surface area contributed by atoms with E-state index in [1.165, 1.54) is 10.9 Å². The number of nitrogen functional groups attached to an aromatic ring is 1. The van der Waals surface area contributed by atoms with E-state index in [0.717, 1.165) is 0 Å². The minimum absolute atomic E-state index is 0.0291. The van der Waals surface area contributed by atoms with Gasteiger partial charge < -0.3 is 26.4 Å². The van der Waals surface area contributed by atoms with Crippen LogP contribution in [0.2, 0.25) is 0 Å². The van der Waals surface area contributed by atoms with Gasteiger partial charge in [-0.2, -0.15) is 4.98 Å². The maximum absolute atomic E-state index is 11.4. The van der Waals surface area contributed by atoms with Crippen LogP contribution in [0.15, 0.2) is 11.1 Å². The monoisotopic (exact) mass is 300 g/mol. The number of fused-ring (bicyclic) bond motifs is 1. The van der Waals surface area contributed by atoms with Gasteiger partial charge >= 0.3 is 5.97 Å². The van der Waals surface area contributed by atoms with Gasteiger partial charge in [0, 0.05) is 0 Å². The summed E-state index contributed by atoms with van der Waals surface area (Å²) in [4.78, 5) is 30.9. The summed E-state index contributed by atoms with van der Waals surface area (Å²) in [6.07, 6.45) is 1.43. The minimum Gasteiger partial charge on any atom is -0.480 e. The first-order chi connectivity index (χ1) is 9.99. The Hall–Kier alpha value is -2.50. The van der Waals surface area contributed by atoms with E-state index in [-0.39, 0.29) is 43.5 Å². The molecule has 2 heterocycles. The lowest BCUT2D eigenvalue weighted by Gasteiger charge is -2.03. The second kappa shape index (κ2) is 7.94. The molecule has 0 radical (unpaired) electrons.